The standard InChI is InChI=1S/C16H20O8/c1-8(17)22-7-12-16(23-9(2)18)14(21)13(20)15(24-12)10-4-3-5-11(19)6-10/h3-6,12-16,19-21H,7H2,1-2H3/t12-,13+,14-,15-,16-/m1/s1. The molecule has 2 rings (SSSR count). The van der Waals surface area contributed by atoms with Crippen molar-refractivity contribution in [2.75, 3.05) is 6.61 Å². The molecule has 1 heterocycles. The molecule has 8 nitrogen and oxygen atoms in total. The lowest BCUT2D eigenvalue weighted by Crippen LogP contribution is -2.57. The number of benzene rings is 1. The molecule has 0 radical (unpaired) electrons. The molecule has 1 aliphatic heterocycles. The average molecular weight is 340 g/mol. The summed E-state index contributed by atoms with van der Waals surface area (Å²) in [4.78, 5) is 22.3. The van der Waals surface area contributed by atoms with E-state index in [0.717, 1.165) is 6.92 Å². The first-order valence-electron chi connectivity index (χ1n) is 7.40. The van der Waals surface area contributed by atoms with E-state index in [0.29, 0.717) is 5.56 Å². The monoisotopic (exact) mass is 340 g/mol. The van der Waals surface area contributed by atoms with Gasteiger partial charge in [-0.3, -0.25) is 9.59 Å². The summed E-state index contributed by atoms with van der Waals surface area (Å²) in [5, 5.41) is 30.2. The van der Waals surface area contributed by atoms with Gasteiger partial charge in [0.25, 0.3) is 0 Å². The number of phenolic OH excluding ortho intramolecular Hbond substituents is 1. The van der Waals surface area contributed by atoms with Gasteiger partial charge < -0.3 is 29.5 Å². The SMILES string of the molecule is CC(=O)OC[C@H]1O[C@H](c2cccc(O)c2)[C@@H](O)[C@@H](O)[C@@H]1OC(C)=O. The molecule has 8 heteroatoms. The predicted octanol–water partition coefficient (Wildman–Crippen LogP) is 0.0487. The van der Waals surface area contributed by atoms with E-state index >= 15 is 0 Å². The van der Waals surface area contributed by atoms with Crippen LogP contribution in [-0.2, 0) is 23.8 Å². The Hall–Kier alpha value is -2.16. The lowest BCUT2D eigenvalue weighted by molar-refractivity contribution is -0.242. The fraction of sp³-hybridized carbons (Fsp3) is 0.500. The molecule has 5 atom stereocenters. The Labute approximate surface area is 138 Å². The molecule has 132 valence electrons. The number of ether oxygens (including phenoxy) is 3. The third-order valence-electron chi connectivity index (χ3n) is 3.64. The van der Waals surface area contributed by atoms with Crippen LogP contribution in [0, 0.1) is 0 Å². The third kappa shape index (κ3) is 4.22. The zero-order chi connectivity index (χ0) is 17.9. The molecule has 1 aromatic rings. The summed E-state index contributed by atoms with van der Waals surface area (Å²) in [6.07, 6.45) is -5.99. The first kappa shape index (κ1) is 18.2. The molecule has 1 fully saturated rings. The van der Waals surface area contributed by atoms with Crippen LogP contribution in [-0.4, -0.2) is 58.3 Å². The molecule has 1 aliphatic rings. The van der Waals surface area contributed by atoms with E-state index < -0.39 is 42.5 Å². The fourth-order valence-corrected chi connectivity index (χ4v) is 2.59. The van der Waals surface area contributed by atoms with Crippen molar-refractivity contribution in [2.24, 2.45) is 0 Å². The number of phenols is 1. The van der Waals surface area contributed by atoms with Crippen LogP contribution in [0.5, 0.6) is 5.75 Å². The van der Waals surface area contributed by atoms with E-state index in [-0.39, 0.29) is 12.4 Å². The maximum Gasteiger partial charge on any atom is 0.303 e. The van der Waals surface area contributed by atoms with Gasteiger partial charge in [-0.25, -0.2) is 0 Å². The smallest absolute Gasteiger partial charge is 0.303 e. The summed E-state index contributed by atoms with van der Waals surface area (Å²) in [5.41, 5.74) is 0.427. The van der Waals surface area contributed by atoms with Crippen molar-refractivity contribution in [2.45, 2.75) is 44.4 Å². The number of hydrogen-bond donors (Lipinski definition) is 3. The molecular weight excluding hydrogens is 320 g/mol. The van der Waals surface area contributed by atoms with E-state index in [1.165, 1.54) is 19.1 Å². The summed E-state index contributed by atoms with van der Waals surface area (Å²) in [6.45, 7) is 2.11. The normalized spacial score (nSPS) is 29.8. The van der Waals surface area contributed by atoms with Crippen LogP contribution in [0.15, 0.2) is 24.3 Å². The minimum Gasteiger partial charge on any atom is -0.508 e. The van der Waals surface area contributed by atoms with Crippen LogP contribution in [0.3, 0.4) is 0 Å². The number of hydrogen-bond acceptors (Lipinski definition) is 8. The van der Waals surface area contributed by atoms with Gasteiger partial charge in [-0.05, 0) is 17.7 Å². The van der Waals surface area contributed by atoms with E-state index in [2.05, 4.69) is 0 Å². The highest BCUT2D eigenvalue weighted by atomic mass is 16.6. The van der Waals surface area contributed by atoms with Crippen molar-refractivity contribution >= 4 is 11.9 Å². The summed E-state index contributed by atoms with van der Waals surface area (Å²) in [7, 11) is 0. The fourth-order valence-electron chi connectivity index (χ4n) is 2.59. The van der Waals surface area contributed by atoms with Gasteiger partial charge in [-0.15, -0.1) is 0 Å². The van der Waals surface area contributed by atoms with Crippen LogP contribution >= 0.6 is 0 Å². The van der Waals surface area contributed by atoms with E-state index in [1.54, 1.807) is 12.1 Å². The molecular formula is C16H20O8. The van der Waals surface area contributed by atoms with Gasteiger partial charge in [0.2, 0.25) is 0 Å². The quantitative estimate of drug-likeness (QED) is 0.657. The summed E-state index contributed by atoms with van der Waals surface area (Å²) >= 11 is 0. The Kier molecular flexibility index (Phi) is 5.76. The Morgan fingerprint density at radius 1 is 1.17 bits per heavy atom. The van der Waals surface area contributed by atoms with Crippen molar-refractivity contribution in [1.82, 2.24) is 0 Å². The van der Waals surface area contributed by atoms with E-state index in [4.69, 9.17) is 14.2 Å². The van der Waals surface area contributed by atoms with Gasteiger partial charge in [0.05, 0.1) is 0 Å². The average Bonchev–Trinajstić information content (AvgIpc) is 2.50. The predicted molar refractivity (Wildman–Crippen MR) is 79.9 cm³/mol. The van der Waals surface area contributed by atoms with Gasteiger partial charge in [0.1, 0.15) is 36.8 Å². The topological polar surface area (TPSA) is 123 Å². The maximum atomic E-state index is 11.2. The van der Waals surface area contributed by atoms with Crippen LogP contribution in [0.25, 0.3) is 0 Å². The second-order valence-electron chi connectivity index (χ2n) is 5.55. The van der Waals surface area contributed by atoms with E-state index in [1.807, 2.05) is 0 Å². The lowest BCUT2D eigenvalue weighted by atomic mass is 9.91. The van der Waals surface area contributed by atoms with Gasteiger partial charge in [0, 0.05) is 13.8 Å². The number of aliphatic hydroxyl groups excluding tert-OH is 2. The number of carbonyl (C=O) groups is 2. The first-order valence-corrected chi connectivity index (χ1v) is 7.40. The molecule has 3 N–H and O–H groups in total. The molecule has 0 aliphatic carbocycles. The molecule has 1 aromatic carbocycles. The number of aromatic hydroxyl groups is 1. The first-order chi connectivity index (χ1) is 11.3. The number of rotatable bonds is 4. The minimum absolute atomic E-state index is 0.0311. The third-order valence-corrected chi connectivity index (χ3v) is 3.64. The van der Waals surface area contributed by atoms with Crippen LogP contribution in [0.1, 0.15) is 25.5 Å². The Morgan fingerprint density at radius 2 is 1.88 bits per heavy atom. The maximum absolute atomic E-state index is 11.2. The van der Waals surface area contributed by atoms with Crippen molar-refractivity contribution in [3.05, 3.63) is 29.8 Å². The van der Waals surface area contributed by atoms with Crippen LogP contribution < -0.4 is 0 Å². The largest absolute Gasteiger partial charge is 0.508 e. The number of carbonyl (C=O) groups excluding carboxylic acids is 2. The highest BCUT2D eigenvalue weighted by molar-refractivity contribution is 5.66. The van der Waals surface area contributed by atoms with Crippen LogP contribution in [0.4, 0.5) is 0 Å². The highest BCUT2D eigenvalue weighted by Crippen LogP contribution is 2.34. The molecule has 0 amide bonds. The molecule has 24 heavy (non-hydrogen) atoms. The zero-order valence-electron chi connectivity index (χ0n) is 13.3. The Balaban J connectivity index is 2.26. The molecule has 0 unspecified atom stereocenters. The second kappa shape index (κ2) is 7.61. The van der Waals surface area contributed by atoms with Gasteiger partial charge in [-0.2, -0.15) is 0 Å². The summed E-state index contributed by atoms with van der Waals surface area (Å²) in [5.74, 6) is -1.26. The highest BCUT2D eigenvalue weighted by Gasteiger charge is 2.47. The number of esters is 2. The minimum atomic E-state index is -1.45. The number of aliphatic hydroxyl groups is 2. The molecule has 0 saturated carbocycles. The van der Waals surface area contributed by atoms with Gasteiger partial charge in [-0.1, -0.05) is 12.1 Å². The Morgan fingerprint density at radius 3 is 2.46 bits per heavy atom. The Bertz CT molecular complexity index is 601. The molecule has 0 spiro atoms. The zero-order valence-corrected chi connectivity index (χ0v) is 13.3. The molecule has 1 saturated heterocycles. The second-order valence-corrected chi connectivity index (χ2v) is 5.55. The van der Waals surface area contributed by atoms with Crippen LogP contribution in [0.2, 0.25) is 0 Å². The molecule has 0 aromatic heterocycles. The van der Waals surface area contributed by atoms with Crippen molar-refractivity contribution in [3.8, 4) is 5.75 Å². The van der Waals surface area contributed by atoms with Crippen molar-refractivity contribution in [3.63, 3.8) is 0 Å². The van der Waals surface area contributed by atoms with Gasteiger partial charge >= 0.3 is 11.9 Å². The van der Waals surface area contributed by atoms with Crippen molar-refractivity contribution < 1.29 is 39.1 Å². The van der Waals surface area contributed by atoms with Gasteiger partial charge in [0.15, 0.2) is 6.10 Å². The summed E-state index contributed by atoms with van der Waals surface area (Å²) in [6, 6.07) is 6.00. The van der Waals surface area contributed by atoms with Crippen molar-refractivity contribution in [1.29, 1.82) is 0 Å². The lowest BCUT2D eigenvalue weighted by Gasteiger charge is -2.42. The van der Waals surface area contributed by atoms with E-state index in [9.17, 15) is 24.9 Å². The summed E-state index contributed by atoms with van der Waals surface area (Å²) < 4.78 is 15.6. The molecule has 0 bridgehead atoms.